The van der Waals surface area contributed by atoms with Crippen molar-refractivity contribution in [2.75, 3.05) is 0 Å². The van der Waals surface area contributed by atoms with Crippen molar-refractivity contribution in [1.29, 1.82) is 0 Å². The van der Waals surface area contributed by atoms with Crippen LogP contribution in [0.5, 0.6) is 0 Å². The van der Waals surface area contributed by atoms with Gasteiger partial charge in [-0.2, -0.15) is 0 Å². The molecule has 3 heterocycles. The van der Waals surface area contributed by atoms with Crippen LogP contribution in [0.15, 0.2) is 24.7 Å². The van der Waals surface area contributed by atoms with Crippen molar-refractivity contribution >= 4 is 11.2 Å². The van der Waals surface area contributed by atoms with Gasteiger partial charge in [0.15, 0.2) is 11.5 Å². The lowest BCUT2D eigenvalue weighted by Gasteiger charge is -2.22. The highest BCUT2D eigenvalue weighted by atomic mass is 15.5. The zero-order valence-electron chi connectivity index (χ0n) is 13.9. The molecule has 0 N–H and O–H groups in total. The number of hydrogen-bond acceptors (Lipinski definition) is 5. The molecular weight excluding hydrogens is 302 g/mol. The van der Waals surface area contributed by atoms with Crippen molar-refractivity contribution in [2.45, 2.75) is 64.0 Å². The van der Waals surface area contributed by atoms with E-state index < -0.39 is 0 Å². The molecule has 3 aromatic heterocycles. The standard InChI is InChI=1S/C17H23N7/c1-2-7-14(8-3-1)24-16(20-21-22-24)10-4-5-12-23-13-19-17-15(23)9-6-11-18-17/h6,9,11,13-14H,1-5,7-8,10,12H2. The van der Waals surface area contributed by atoms with Crippen LogP contribution in [0.4, 0.5) is 0 Å². The van der Waals surface area contributed by atoms with Crippen LogP contribution in [-0.2, 0) is 13.0 Å². The molecular formula is C17H23N7. The highest BCUT2D eigenvalue weighted by molar-refractivity contribution is 5.70. The monoisotopic (exact) mass is 325 g/mol. The third-order valence-corrected chi connectivity index (χ3v) is 4.93. The minimum absolute atomic E-state index is 0.507. The quantitative estimate of drug-likeness (QED) is 0.651. The van der Waals surface area contributed by atoms with E-state index in [0.717, 1.165) is 42.8 Å². The topological polar surface area (TPSA) is 74.3 Å². The van der Waals surface area contributed by atoms with Gasteiger partial charge >= 0.3 is 0 Å². The van der Waals surface area contributed by atoms with E-state index in [1.165, 1.54) is 32.1 Å². The molecule has 0 radical (unpaired) electrons. The molecule has 3 aromatic rings. The molecule has 0 bridgehead atoms. The molecule has 1 aliphatic carbocycles. The van der Waals surface area contributed by atoms with Gasteiger partial charge in [-0.15, -0.1) is 5.10 Å². The van der Waals surface area contributed by atoms with Gasteiger partial charge < -0.3 is 4.57 Å². The number of hydrogen-bond donors (Lipinski definition) is 0. The van der Waals surface area contributed by atoms with Gasteiger partial charge in [-0.1, -0.05) is 19.3 Å². The van der Waals surface area contributed by atoms with Crippen molar-refractivity contribution in [3.05, 3.63) is 30.5 Å². The zero-order valence-corrected chi connectivity index (χ0v) is 13.9. The lowest BCUT2D eigenvalue weighted by molar-refractivity contribution is 0.316. The molecule has 0 aromatic carbocycles. The van der Waals surface area contributed by atoms with Crippen molar-refractivity contribution in [1.82, 2.24) is 34.7 Å². The summed E-state index contributed by atoms with van der Waals surface area (Å²) in [5.74, 6) is 1.04. The fourth-order valence-electron chi connectivity index (χ4n) is 3.63. The Morgan fingerprint density at radius 1 is 1.08 bits per heavy atom. The maximum Gasteiger partial charge on any atom is 0.177 e. The van der Waals surface area contributed by atoms with Crippen LogP contribution >= 0.6 is 0 Å². The van der Waals surface area contributed by atoms with Crippen LogP contribution in [0, 0.1) is 0 Å². The van der Waals surface area contributed by atoms with Crippen molar-refractivity contribution < 1.29 is 0 Å². The first-order valence-electron chi connectivity index (χ1n) is 8.94. The lowest BCUT2D eigenvalue weighted by atomic mass is 9.95. The van der Waals surface area contributed by atoms with Crippen LogP contribution in [0.1, 0.15) is 56.8 Å². The molecule has 0 unspecified atom stereocenters. The van der Waals surface area contributed by atoms with Gasteiger partial charge in [-0.25, -0.2) is 14.6 Å². The minimum atomic E-state index is 0.507. The smallest absolute Gasteiger partial charge is 0.177 e. The van der Waals surface area contributed by atoms with Gasteiger partial charge in [0, 0.05) is 19.2 Å². The summed E-state index contributed by atoms with van der Waals surface area (Å²) in [6, 6.07) is 4.53. The third-order valence-electron chi connectivity index (χ3n) is 4.93. The fourth-order valence-corrected chi connectivity index (χ4v) is 3.63. The Kier molecular flexibility index (Phi) is 4.49. The number of unbranched alkanes of at least 4 members (excludes halogenated alkanes) is 1. The Bertz CT molecular complexity index is 785. The highest BCUT2D eigenvalue weighted by Crippen LogP contribution is 2.28. The van der Waals surface area contributed by atoms with Gasteiger partial charge in [-0.3, -0.25) is 0 Å². The zero-order chi connectivity index (χ0) is 16.2. The van der Waals surface area contributed by atoms with Crippen LogP contribution in [0.3, 0.4) is 0 Å². The largest absolute Gasteiger partial charge is 0.329 e. The average molecular weight is 325 g/mol. The second-order valence-electron chi connectivity index (χ2n) is 6.57. The SMILES string of the molecule is c1cnc2ncn(CCCCc3nnnn3C3CCCCC3)c2c1. The number of nitrogens with zero attached hydrogens (tertiary/aromatic N) is 7. The average Bonchev–Trinajstić information content (AvgIpc) is 3.27. The number of aromatic nitrogens is 7. The van der Waals surface area contributed by atoms with E-state index in [2.05, 4.69) is 40.8 Å². The number of pyridine rings is 1. The Morgan fingerprint density at radius 2 is 2.00 bits per heavy atom. The summed E-state index contributed by atoms with van der Waals surface area (Å²) in [6.07, 6.45) is 13.1. The minimum Gasteiger partial charge on any atom is -0.329 e. The number of aryl methyl sites for hydroxylation is 2. The number of fused-ring (bicyclic) bond motifs is 1. The first kappa shape index (κ1) is 15.2. The van der Waals surface area contributed by atoms with Crippen molar-refractivity contribution in [3.63, 3.8) is 0 Å². The summed E-state index contributed by atoms with van der Waals surface area (Å²) in [5.41, 5.74) is 1.92. The molecule has 0 atom stereocenters. The van der Waals surface area contributed by atoms with E-state index >= 15 is 0 Å². The summed E-state index contributed by atoms with van der Waals surface area (Å²) >= 11 is 0. The summed E-state index contributed by atoms with van der Waals surface area (Å²) < 4.78 is 4.25. The van der Waals surface area contributed by atoms with Gasteiger partial charge in [-0.05, 0) is 48.2 Å². The molecule has 24 heavy (non-hydrogen) atoms. The Labute approximate surface area is 141 Å². The summed E-state index contributed by atoms with van der Waals surface area (Å²) in [5, 5.41) is 12.4. The van der Waals surface area contributed by atoms with Gasteiger partial charge in [0.25, 0.3) is 0 Å². The van der Waals surface area contributed by atoms with Crippen LogP contribution in [0.2, 0.25) is 0 Å². The van der Waals surface area contributed by atoms with Gasteiger partial charge in [0.2, 0.25) is 0 Å². The van der Waals surface area contributed by atoms with Crippen molar-refractivity contribution in [2.24, 2.45) is 0 Å². The Hall–Kier alpha value is -2.31. The van der Waals surface area contributed by atoms with Crippen LogP contribution in [0.25, 0.3) is 11.2 Å². The molecule has 4 rings (SSSR count). The number of rotatable bonds is 6. The number of imidazole rings is 1. The van der Waals surface area contributed by atoms with E-state index in [9.17, 15) is 0 Å². The molecule has 126 valence electrons. The van der Waals surface area contributed by atoms with E-state index in [1.807, 2.05) is 12.4 Å². The number of tetrazole rings is 1. The molecule has 0 aliphatic heterocycles. The van der Waals surface area contributed by atoms with Crippen LogP contribution in [-0.4, -0.2) is 34.7 Å². The maximum absolute atomic E-state index is 4.34. The Balaban J connectivity index is 1.32. The third kappa shape index (κ3) is 3.16. The summed E-state index contributed by atoms with van der Waals surface area (Å²) in [7, 11) is 0. The second kappa shape index (κ2) is 7.07. The van der Waals surface area contributed by atoms with E-state index in [4.69, 9.17) is 0 Å². The molecule has 0 amide bonds. The molecule has 7 heteroatoms. The molecule has 0 spiro atoms. The summed E-state index contributed by atoms with van der Waals surface area (Å²) in [6.45, 7) is 0.952. The van der Waals surface area contributed by atoms with E-state index in [1.54, 1.807) is 6.20 Å². The second-order valence-corrected chi connectivity index (χ2v) is 6.57. The van der Waals surface area contributed by atoms with Gasteiger partial charge in [0.05, 0.1) is 17.9 Å². The van der Waals surface area contributed by atoms with E-state index in [0.29, 0.717) is 6.04 Å². The summed E-state index contributed by atoms with van der Waals surface area (Å²) in [4.78, 5) is 8.61. The van der Waals surface area contributed by atoms with Crippen LogP contribution < -0.4 is 0 Å². The molecule has 7 nitrogen and oxygen atoms in total. The maximum atomic E-state index is 4.34. The predicted molar refractivity (Wildman–Crippen MR) is 90.4 cm³/mol. The normalized spacial score (nSPS) is 16.0. The molecule has 1 aliphatic rings. The molecule has 1 saturated carbocycles. The first-order chi connectivity index (χ1) is 11.9. The fraction of sp³-hybridized carbons (Fsp3) is 0.588. The van der Waals surface area contributed by atoms with Gasteiger partial charge in [0.1, 0.15) is 0 Å². The van der Waals surface area contributed by atoms with E-state index in [-0.39, 0.29) is 0 Å². The molecule has 1 fully saturated rings. The van der Waals surface area contributed by atoms with Crippen molar-refractivity contribution in [3.8, 4) is 0 Å². The molecule has 0 saturated heterocycles. The highest BCUT2D eigenvalue weighted by Gasteiger charge is 2.19. The predicted octanol–water partition coefficient (Wildman–Crippen LogP) is 2.95. The first-order valence-corrected chi connectivity index (χ1v) is 8.94. The Morgan fingerprint density at radius 3 is 2.92 bits per heavy atom. The lowest BCUT2D eigenvalue weighted by Crippen LogP contribution is -2.17.